The number of rotatable bonds is 9. The standard InChI is InChI=1S/C15H24ClNO2S/c1-11-8-14(4-5-15(11)16)19-10-13(18)9-17-12(2)6-7-20-3/h4-5,8,12-13,17-18H,6-7,9-10H2,1-3H3/t12-,13+/m1/s1. The molecule has 0 fully saturated rings. The minimum absolute atomic E-state index is 0.281. The molecule has 1 rings (SSSR count). The highest BCUT2D eigenvalue weighted by molar-refractivity contribution is 7.98. The number of aliphatic hydroxyl groups excluding tert-OH is 1. The van der Waals surface area contributed by atoms with Crippen LogP contribution < -0.4 is 10.1 Å². The van der Waals surface area contributed by atoms with E-state index in [0.29, 0.717) is 12.6 Å². The summed E-state index contributed by atoms with van der Waals surface area (Å²) in [5, 5.41) is 13.9. The molecule has 1 aromatic carbocycles. The summed E-state index contributed by atoms with van der Waals surface area (Å²) in [6.07, 6.45) is 2.69. The van der Waals surface area contributed by atoms with Gasteiger partial charge in [0.1, 0.15) is 18.5 Å². The summed E-state index contributed by atoms with van der Waals surface area (Å²) in [5.41, 5.74) is 0.975. The van der Waals surface area contributed by atoms with E-state index >= 15 is 0 Å². The van der Waals surface area contributed by atoms with Crippen LogP contribution >= 0.6 is 23.4 Å². The molecule has 0 spiro atoms. The van der Waals surface area contributed by atoms with Crippen molar-refractivity contribution in [2.24, 2.45) is 0 Å². The maximum atomic E-state index is 9.89. The Morgan fingerprint density at radius 1 is 1.45 bits per heavy atom. The first-order valence-electron chi connectivity index (χ1n) is 6.82. The minimum Gasteiger partial charge on any atom is -0.491 e. The minimum atomic E-state index is -0.511. The van der Waals surface area contributed by atoms with Crippen LogP contribution in [-0.4, -0.2) is 42.4 Å². The van der Waals surface area contributed by atoms with Gasteiger partial charge in [-0.1, -0.05) is 11.6 Å². The highest BCUT2D eigenvalue weighted by Crippen LogP contribution is 2.21. The van der Waals surface area contributed by atoms with Crippen LogP contribution in [-0.2, 0) is 0 Å². The average molecular weight is 318 g/mol. The van der Waals surface area contributed by atoms with Gasteiger partial charge in [0.25, 0.3) is 0 Å². The van der Waals surface area contributed by atoms with Crippen LogP contribution in [0.4, 0.5) is 0 Å². The molecule has 0 aliphatic rings. The second-order valence-electron chi connectivity index (χ2n) is 4.97. The van der Waals surface area contributed by atoms with E-state index in [0.717, 1.165) is 28.5 Å². The van der Waals surface area contributed by atoms with Gasteiger partial charge < -0.3 is 15.2 Å². The zero-order valence-corrected chi connectivity index (χ0v) is 13.9. The van der Waals surface area contributed by atoms with E-state index in [1.54, 1.807) is 6.07 Å². The molecule has 0 amide bonds. The van der Waals surface area contributed by atoms with Crippen LogP contribution in [0.3, 0.4) is 0 Å². The number of aryl methyl sites for hydroxylation is 1. The summed E-state index contributed by atoms with van der Waals surface area (Å²) >= 11 is 7.79. The van der Waals surface area contributed by atoms with Crippen LogP contribution in [0.15, 0.2) is 18.2 Å². The fraction of sp³-hybridized carbons (Fsp3) is 0.600. The number of ether oxygens (including phenoxy) is 1. The van der Waals surface area contributed by atoms with E-state index in [9.17, 15) is 5.11 Å². The lowest BCUT2D eigenvalue weighted by atomic mass is 10.2. The maximum Gasteiger partial charge on any atom is 0.119 e. The predicted molar refractivity (Wildman–Crippen MR) is 88.2 cm³/mol. The van der Waals surface area contributed by atoms with Crippen molar-refractivity contribution >= 4 is 23.4 Å². The quantitative estimate of drug-likeness (QED) is 0.734. The Morgan fingerprint density at radius 2 is 2.20 bits per heavy atom. The van der Waals surface area contributed by atoms with Gasteiger partial charge in [-0.05, 0) is 56.0 Å². The first-order valence-corrected chi connectivity index (χ1v) is 8.59. The maximum absolute atomic E-state index is 9.89. The molecule has 20 heavy (non-hydrogen) atoms. The number of benzene rings is 1. The molecular formula is C15H24ClNO2S. The van der Waals surface area contributed by atoms with Gasteiger partial charge in [-0.15, -0.1) is 0 Å². The molecule has 114 valence electrons. The molecule has 0 aliphatic carbocycles. The van der Waals surface area contributed by atoms with Crippen molar-refractivity contribution in [1.29, 1.82) is 0 Å². The number of thioether (sulfide) groups is 1. The van der Waals surface area contributed by atoms with E-state index in [2.05, 4.69) is 18.5 Å². The molecule has 1 aromatic rings. The summed E-state index contributed by atoms with van der Waals surface area (Å²) in [5.74, 6) is 1.87. The molecule has 0 aliphatic heterocycles. The van der Waals surface area contributed by atoms with Crippen molar-refractivity contribution in [3.8, 4) is 5.75 Å². The smallest absolute Gasteiger partial charge is 0.119 e. The summed E-state index contributed by atoms with van der Waals surface area (Å²) in [4.78, 5) is 0. The summed E-state index contributed by atoms with van der Waals surface area (Å²) < 4.78 is 5.56. The van der Waals surface area contributed by atoms with E-state index in [-0.39, 0.29) is 6.61 Å². The lowest BCUT2D eigenvalue weighted by Crippen LogP contribution is -2.36. The second kappa shape index (κ2) is 9.50. The molecule has 0 bridgehead atoms. The van der Waals surface area contributed by atoms with Gasteiger partial charge >= 0.3 is 0 Å². The van der Waals surface area contributed by atoms with Crippen molar-refractivity contribution in [1.82, 2.24) is 5.32 Å². The van der Waals surface area contributed by atoms with Crippen molar-refractivity contribution < 1.29 is 9.84 Å². The molecule has 2 atom stereocenters. The SMILES string of the molecule is CSCC[C@@H](C)NC[C@H](O)COc1ccc(Cl)c(C)c1. The molecule has 2 N–H and O–H groups in total. The normalized spacial score (nSPS) is 14.1. The van der Waals surface area contributed by atoms with Crippen molar-refractivity contribution in [2.75, 3.05) is 25.2 Å². The van der Waals surface area contributed by atoms with Crippen molar-refractivity contribution in [2.45, 2.75) is 32.4 Å². The Labute approximate surface area is 131 Å². The van der Waals surface area contributed by atoms with Crippen LogP contribution in [0.5, 0.6) is 5.75 Å². The molecule has 5 heteroatoms. The third-order valence-corrected chi connectivity index (χ3v) is 4.10. The molecule has 0 saturated heterocycles. The number of hydrogen-bond donors (Lipinski definition) is 2. The number of halogens is 1. The summed E-state index contributed by atoms with van der Waals surface area (Å²) in [7, 11) is 0. The molecule has 0 saturated carbocycles. The van der Waals surface area contributed by atoms with Gasteiger partial charge in [-0.25, -0.2) is 0 Å². The van der Waals surface area contributed by atoms with Crippen LogP contribution in [0.25, 0.3) is 0 Å². The van der Waals surface area contributed by atoms with Crippen LogP contribution in [0, 0.1) is 6.92 Å². The second-order valence-corrected chi connectivity index (χ2v) is 6.36. The van der Waals surface area contributed by atoms with Gasteiger partial charge in [0, 0.05) is 17.6 Å². The number of aliphatic hydroxyl groups is 1. The largest absolute Gasteiger partial charge is 0.491 e. The van der Waals surface area contributed by atoms with E-state index in [1.807, 2.05) is 30.8 Å². The Morgan fingerprint density at radius 3 is 2.85 bits per heavy atom. The lowest BCUT2D eigenvalue weighted by molar-refractivity contribution is 0.104. The molecule has 0 aromatic heterocycles. The van der Waals surface area contributed by atoms with Crippen molar-refractivity contribution in [3.63, 3.8) is 0 Å². The monoisotopic (exact) mass is 317 g/mol. The van der Waals surface area contributed by atoms with Gasteiger partial charge in [0.05, 0.1) is 0 Å². The topological polar surface area (TPSA) is 41.5 Å². The zero-order chi connectivity index (χ0) is 15.0. The highest BCUT2D eigenvalue weighted by Gasteiger charge is 2.08. The summed E-state index contributed by atoms with van der Waals surface area (Å²) in [6, 6.07) is 5.91. The highest BCUT2D eigenvalue weighted by atomic mass is 35.5. The molecule has 3 nitrogen and oxygen atoms in total. The fourth-order valence-electron chi connectivity index (χ4n) is 1.69. The predicted octanol–water partition coefficient (Wildman–Crippen LogP) is 3.12. The van der Waals surface area contributed by atoms with Crippen LogP contribution in [0.2, 0.25) is 5.02 Å². The fourth-order valence-corrected chi connectivity index (χ4v) is 2.40. The first kappa shape index (κ1) is 17.6. The zero-order valence-electron chi connectivity index (χ0n) is 12.4. The average Bonchev–Trinajstić information content (AvgIpc) is 2.44. The summed E-state index contributed by atoms with van der Waals surface area (Å²) in [6.45, 7) is 4.89. The molecule has 0 radical (unpaired) electrons. The van der Waals surface area contributed by atoms with E-state index in [1.165, 1.54) is 0 Å². The third-order valence-electron chi connectivity index (χ3n) is 3.03. The Bertz CT molecular complexity index is 403. The first-order chi connectivity index (χ1) is 9.52. The molecule has 0 heterocycles. The molecule has 0 unspecified atom stereocenters. The Kier molecular flexibility index (Phi) is 8.38. The van der Waals surface area contributed by atoms with Gasteiger partial charge in [-0.2, -0.15) is 11.8 Å². The van der Waals surface area contributed by atoms with Crippen LogP contribution in [0.1, 0.15) is 18.9 Å². The van der Waals surface area contributed by atoms with E-state index < -0.39 is 6.10 Å². The lowest BCUT2D eigenvalue weighted by Gasteiger charge is -2.17. The number of hydrogen-bond acceptors (Lipinski definition) is 4. The Hall–Kier alpha value is -0.420. The Balaban J connectivity index is 2.25. The van der Waals surface area contributed by atoms with Crippen molar-refractivity contribution in [3.05, 3.63) is 28.8 Å². The van der Waals surface area contributed by atoms with Gasteiger partial charge in [0.15, 0.2) is 0 Å². The third kappa shape index (κ3) is 6.84. The van der Waals surface area contributed by atoms with E-state index in [4.69, 9.17) is 16.3 Å². The van der Waals surface area contributed by atoms with Gasteiger partial charge in [0.2, 0.25) is 0 Å². The molecular weight excluding hydrogens is 294 g/mol. The number of nitrogens with one attached hydrogen (secondary N) is 1. The van der Waals surface area contributed by atoms with Gasteiger partial charge in [-0.3, -0.25) is 0 Å².